The van der Waals surface area contributed by atoms with Crippen LogP contribution in [-0.2, 0) is 0 Å². The van der Waals surface area contributed by atoms with Crippen molar-refractivity contribution in [1.29, 1.82) is 0 Å². The van der Waals surface area contributed by atoms with Crippen LogP contribution in [0.4, 0.5) is 0 Å². The van der Waals surface area contributed by atoms with Gasteiger partial charge in [0.25, 0.3) is 0 Å². The van der Waals surface area contributed by atoms with E-state index in [-0.39, 0.29) is 0 Å². The van der Waals surface area contributed by atoms with Gasteiger partial charge in [0.2, 0.25) is 0 Å². The normalized spacial score (nSPS) is 12.7. The molecule has 0 saturated carbocycles. The number of nitrogens with one attached hydrogen (secondary N) is 1. The molecule has 1 atom stereocenters. The third-order valence-electron chi connectivity index (χ3n) is 2.34. The van der Waals surface area contributed by atoms with Crippen LogP contribution in [0.25, 0.3) is 0 Å². The average Bonchev–Trinajstić information content (AvgIpc) is 2.25. The van der Waals surface area contributed by atoms with Crippen molar-refractivity contribution in [3.05, 3.63) is 34.9 Å². The molecule has 0 radical (unpaired) electrons. The quantitative estimate of drug-likeness (QED) is 0.817. The van der Waals surface area contributed by atoms with Gasteiger partial charge in [-0.25, -0.2) is 0 Å². The molecular formula is C12H18ClNS. The minimum atomic E-state index is 0.385. The summed E-state index contributed by atoms with van der Waals surface area (Å²) in [5, 5.41) is 4.34. The van der Waals surface area contributed by atoms with Crippen molar-refractivity contribution < 1.29 is 0 Å². The van der Waals surface area contributed by atoms with Gasteiger partial charge in [-0.2, -0.15) is 11.8 Å². The zero-order valence-electron chi connectivity index (χ0n) is 9.29. The topological polar surface area (TPSA) is 12.0 Å². The highest BCUT2D eigenvalue weighted by atomic mass is 35.5. The van der Waals surface area contributed by atoms with Crippen molar-refractivity contribution in [3.8, 4) is 0 Å². The zero-order chi connectivity index (χ0) is 11.1. The van der Waals surface area contributed by atoms with Crippen molar-refractivity contribution in [2.45, 2.75) is 19.4 Å². The number of thioether (sulfide) groups is 1. The number of halogens is 1. The van der Waals surface area contributed by atoms with E-state index in [1.807, 2.05) is 30.0 Å². The SMILES string of the molecule is CCNC(CCSC)c1ccccc1Cl. The third kappa shape index (κ3) is 4.06. The Labute approximate surface area is 102 Å². The first-order valence-electron chi connectivity index (χ1n) is 5.26. The highest BCUT2D eigenvalue weighted by Gasteiger charge is 2.12. The van der Waals surface area contributed by atoms with Crippen LogP contribution in [0.2, 0.25) is 5.02 Å². The molecule has 0 spiro atoms. The van der Waals surface area contributed by atoms with Gasteiger partial charge in [-0.15, -0.1) is 0 Å². The predicted molar refractivity (Wildman–Crippen MR) is 70.9 cm³/mol. The fraction of sp³-hybridized carbons (Fsp3) is 0.500. The van der Waals surface area contributed by atoms with Crippen molar-refractivity contribution in [2.75, 3.05) is 18.6 Å². The summed E-state index contributed by atoms with van der Waals surface area (Å²) in [6.45, 7) is 3.10. The molecule has 3 heteroatoms. The summed E-state index contributed by atoms with van der Waals surface area (Å²) < 4.78 is 0. The van der Waals surface area contributed by atoms with Gasteiger partial charge in [0.05, 0.1) is 0 Å². The average molecular weight is 244 g/mol. The number of hydrogen-bond donors (Lipinski definition) is 1. The Hall–Kier alpha value is -0.180. The van der Waals surface area contributed by atoms with Crippen molar-refractivity contribution in [1.82, 2.24) is 5.32 Å². The van der Waals surface area contributed by atoms with Crippen molar-refractivity contribution in [3.63, 3.8) is 0 Å². The first kappa shape index (κ1) is 12.9. The van der Waals surface area contributed by atoms with E-state index in [1.54, 1.807) is 0 Å². The van der Waals surface area contributed by atoms with Crippen LogP contribution in [0.15, 0.2) is 24.3 Å². The summed E-state index contributed by atoms with van der Waals surface area (Å²) in [6, 6.07) is 8.47. The molecule has 0 saturated heterocycles. The standard InChI is InChI=1S/C12H18ClNS/c1-3-14-12(8-9-15-2)10-6-4-5-7-11(10)13/h4-7,12,14H,3,8-9H2,1-2H3. The highest BCUT2D eigenvalue weighted by Crippen LogP contribution is 2.25. The van der Waals surface area contributed by atoms with Crippen LogP contribution in [0.3, 0.4) is 0 Å². The van der Waals surface area contributed by atoms with Gasteiger partial charge in [0, 0.05) is 11.1 Å². The molecule has 1 aromatic carbocycles. The lowest BCUT2D eigenvalue weighted by molar-refractivity contribution is 0.541. The summed E-state index contributed by atoms with van der Waals surface area (Å²) in [5.74, 6) is 1.16. The zero-order valence-corrected chi connectivity index (χ0v) is 10.9. The van der Waals surface area contributed by atoms with Gasteiger partial charge < -0.3 is 5.32 Å². The first-order chi connectivity index (χ1) is 7.29. The lowest BCUT2D eigenvalue weighted by Crippen LogP contribution is -2.21. The van der Waals surface area contributed by atoms with Crippen LogP contribution < -0.4 is 5.32 Å². The number of benzene rings is 1. The fourth-order valence-electron chi connectivity index (χ4n) is 1.61. The smallest absolute Gasteiger partial charge is 0.0453 e. The van der Waals surface area contributed by atoms with Crippen LogP contribution in [0.1, 0.15) is 24.9 Å². The number of hydrogen-bond acceptors (Lipinski definition) is 2. The second kappa shape index (κ2) is 7.15. The predicted octanol–water partition coefficient (Wildman–Crippen LogP) is 3.74. The number of rotatable bonds is 6. The van der Waals surface area contributed by atoms with Gasteiger partial charge >= 0.3 is 0 Å². The molecule has 0 aromatic heterocycles. The molecule has 0 fully saturated rings. The second-order valence-corrected chi connectivity index (χ2v) is 4.81. The first-order valence-corrected chi connectivity index (χ1v) is 7.03. The highest BCUT2D eigenvalue weighted by molar-refractivity contribution is 7.98. The molecule has 15 heavy (non-hydrogen) atoms. The Morgan fingerprint density at radius 1 is 1.40 bits per heavy atom. The van der Waals surface area contributed by atoms with E-state index in [1.165, 1.54) is 5.56 Å². The van der Waals surface area contributed by atoms with E-state index in [0.717, 1.165) is 23.7 Å². The van der Waals surface area contributed by atoms with E-state index in [0.29, 0.717) is 6.04 Å². The Morgan fingerprint density at radius 2 is 2.13 bits per heavy atom. The molecule has 0 aliphatic rings. The van der Waals surface area contributed by atoms with Crippen molar-refractivity contribution in [2.24, 2.45) is 0 Å². The molecule has 0 amide bonds. The van der Waals surface area contributed by atoms with Gasteiger partial charge in [-0.05, 0) is 36.6 Å². The molecular weight excluding hydrogens is 226 g/mol. The minimum Gasteiger partial charge on any atom is -0.310 e. The van der Waals surface area contributed by atoms with Gasteiger partial charge in [0.1, 0.15) is 0 Å². The molecule has 0 bridgehead atoms. The lowest BCUT2D eigenvalue weighted by Gasteiger charge is -2.19. The third-order valence-corrected chi connectivity index (χ3v) is 3.33. The van der Waals surface area contributed by atoms with E-state index in [9.17, 15) is 0 Å². The largest absolute Gasteiger partial charge is 0.310 e. The van der Waals surface area contributed by atoms with Gasteiger partial charge in [-0.1, -0.05) is 36.7 Å². The maximum absolute atomic E-state index is 6.19. The van der Waals surface area contributed by atoms with Crippen LogP contribution in [0, 0.1) is 0 Å². The Bertz CT molecular complexity index is 291. The maximum Gasteiger partial charge on any atom is 0.0453 e. The Morgan fingerprint density at radius 3 is 2.73 bits per heavy atom. The molecule has 1 nitrogen and oxygen atoms in total. The maximum atomic E-state index is 6.19. The van der Waals surface area contributed by atoms with E-state index >= 15 is 0 Å². The molecule has 1 aromatic rings. The van der Waals surface area contributed by atoms with Gasteiger partial charge in [0.15, 0.2) is 0 Å². The summed E-state index contributed by atoms with van der Waals surface area (Å²) in [7, 11) is 0. The lowest BCUT2D eigenvalue weighted by atomic mass is 10.0. The van der Waals surface area contributed by atoms with E-state index in [4.69, 9.17) is 11.6 Å². The monoisotopic (exact) mass is 243 g/mol. The molecule has 0 aliphatic carbocycles. The van der Waals surface area contributed by atoms with Crippen LogP contribution >= 0.6 is 23.4 Å². The van der Waals surface area contributed by atoms with Crippen LogP contribution in [-0.4, -0.2) is 18.6 Å². The van der Waals surface area contributed by atoms with Crippen LogP contribution in [0.5, 0.6) is 0 Å². The molecule has 1 N–H and O–H groups in total. The van der Waals surface area contributed by atoms with E-state index < -0.39 is 0 Å². The second-order valence-electron chi connectivity index (χ2n) is 3.41. The van der Waals surface area contributed by atoms with Crippen molar-refractivity contribution >= 4 is 23.4 Å². The molecule has 0 heterocycles. The molecule has 84 valence electrons. The summed E-state index contributed by atoms with van der Waals surface area (Å²) in [4.78, 5) is 0. The molecule has 1 unspecified atom stereocenters. The molecule has 1 rings (SSSR count). The summed E-state index contributed by atoms with van der Waals surface area (Å²) in [5.41, 5.74) is 1.22. The molecule has 0 aliphatic heterocycles. The van der Waals surface area contributed by atoms with E-state index in [2.05, 4.69) is 24.6 Å². The minimum absolute atomic E-state index is 0.385. The summed E-state index contributed by atoms with van der Waals surface area (Å²) >= 11 is 8.06. The Balaban J connectivity index is 2.74. The van der Waals surface area contributed by atoms with Gasteiger partial charge in [-0.3, -0.25) is 0 Å². The fourth-order valence-corrected chi connectivity index (χ4v) is 2.35. The summed E-state index contributed by atoms with van der Waals surface area (Å²) in [6.07, 6.45) is 3.26. The Kier molecular flexibility index (Phi) is 6.15.